The van der Waals surface area contributed by atoms with E-state index in [0.29, 0.717) is 0 Å². The minimum absolute atomic E-state index is 0.133. The highest BCUT2D eigenvalue weighted by Crippen LogP contribution is 2.43. The Morgan fingerprint density at radius 3 is 1.75 bits per heavy atom. The topological polar surface area (TPSA) is 9.23 Å². The van der Waals surface area contributed by atoms with Crippen LogP contribution in [0.3, 0.4) is 0 Å². The molecule has 0 bridgehead atoms. The molecule has 0 heterocycles. The van der Waals surface area contributed by atoms with Gasteiger partial charge in [0, 0.05) is 7.11 Å². The van der Waals surface area contributed by atoms with Crippen molar-refractivity contribution in [3.8, 4) is 11.1 Å². The zero-order chi connectivity index (χ0) is 25.2. The Bertz CT molecular complexity index is 857. The van der Waals surface area contributed by atoms with Crippen molar-refractivity contribution in [2.75, 3.05) is 13.8 Å². The molecule has 2 fully saturated rings. The van der Waals surface area contributed by atoms with Gasteiger partial charge in [0.1, 0.15) is 0 Å². The average Bonchev–Trinajstić information content (AvgIpc) is 2.95. The Morgan fingerprint density at radius 1 is 0.694 bits per heavy atom. The van der Waals surface area contributed by atoms with E-state index in [9.17, 15) is 4.39 Å². The SMILES string of the molecule is COC(C)c1ccc(-c2ccc(CCC3CCC(C4CCC(CCCCCF)CC4)CC3)cc2)cc1. The molecule has 2 aliphatic carbocycles. The predicted octanol–water partition coefficient (Wildman–Crippen LogP) is 10.1. The Balaban J connectivity index is 1.14. The maximum absolute atomic E-state index is 12.3. The number of benzene rings is 2. The van der Waals surface area contributed by atoms with Crippen LogP contribution in [0.4, 0.5) is 4.39 Å². The van der Waals surface area contributed by atoms with Crippen LogP contribution in [0.15, 0.2) is 48.5 Å². The molecule has 0 amide bonds. The van der Waals surface area contributed by atoms with E-state index in [1.807, 2.05) is 0 Å². The van der Waals surface area contributed by atoms with Crippen molar-refractivity contribution in [2.45, 2.75) is 103 Å². The molecule has 0 aromatic heterocycles. The van der Waals surface area contributed by atoms with Gasteiger partial charge < -0.3 is 4.74 Å². The van der Waals surface area contributed by atoms with Gasteiger partial charge in [-0.1, -0.05) is 93.5 Å². The highest BCUT2D eigenvalue weighted by atomic mass is 19.1. The zero-order valence-corrected chi connectivity index (χ0v) is 22.9. The minimum Gasteiger partial charge on any atom is -0.377 e. The third kappa shape index (κ3) is 7.91. The Kier molecular flexibility index (Phi) is 10.9. The fraction of sp³-hybridized carbons (Fsp3) is 0.647. The summed E-state index contributed by atoms with van der Waals surface area (Å²) in [5.74, 6) is 3.84. The van der Waals surface area contributed by atoms with Gasteiger partial charge in [-0.2, -0.15) is 0 Å². The molecule has 0 aliphatic heterocycles. The molecule has 2 heteroatoms. The van der Waals surface area contributed by atoms with Crippen molar-refractivity contribution in [3.63, 3.8) is 0 Å². The van der Waals surface area contributed by atoms with Gasteiger partial charge in [0.2, 0.25) is 0 Å². The summed E-state index contributed by atoms with van der Waals surface area (Å²) in [7, 11) is 1.76. The molecule has 0 saturated heterocycles. The van der Waals surface area contributed by atoms with Gasteiger partial charge >= 0.3 is 0 Å². The van der Waals surface area contributed by atoms with Crippen LogP contribution in [0.25, 0.3) is 11.1 Å². The maximum Gasteiger partial charge on any atom is 0.0894 e. The summed E-state index contributed by atoms with van der Waals surface area (Å²) < 4.78 is 17.7. The first-order valence-corrected chi connectivity index (χ1v) is 14.9. The van der Waals surface area contributed by atoms with Crippen LogP contribution < -0.4 is 0 Å². The summed E-state index contributed by atoms with van der Waals surface area (Å²) in [5, 5.41) is 0. The first-order chi connectivity index (χ1) is 17.7. The van der Waals surface area contributed by atoms with E-state index < -0.39 is 0 Å². The molecule has 1 nitrogen and oxygen atoms in total. The van der Waals surface area contributed by atoms with Crippen LogP contribution >= 0.6 is 0 Å². The highest BCUT2D eigenvalue weighted by molar-refractivity contribution is 5.64. The number of methoxy groups -OCH3 is 1. The van der Waals surface area contributed by atoms with Gasteiger partial charge in [-0.05, 0) is 97.8 Å². The minimum atomic E-state index is -0.133. The molecule has 1 unspecified atom stereocenters. The number of alkyl halides is 1. The van der Waals surface area contributed by atoms with E-state index >= 15 is 0 Å². The van der Waals surface area contributed by atoms with Gasteiger partial charge in [0.05, 0.1) is 12.8 Å². The Labute approximate surface area is 220 Å². The first kappa shape index (κ1) is 27.4. The number of halogens is 1. The average molecular weight is 493 g/mol. The molecule has 0 spiro atoms. The van der Waals surface area contributed by atoms with Crippen LogP contribution in [0, 0.1) is 23.7 Å². The Hall–Kier alpha value is -1.67. The molecule has 36 heavy (non-hydrogen) atoms. The van der Waals surface area contributed by atoms with Crippen LogP contribution in [-0.4, -0.2) is 13.8 Å². The number of hydrogen-bond donors (Lipinski definition) is 0. The summed E-state index contributed by atoms with van der Waals surface area (Å²) in [4.78, 5) is 0. The van der Waals surface area contributed by atoms with E-state index in [1.54, 1.807) is 7.11 Å². The van der Waals surface area contributed by atoms with Gasteiger partial charge in [-0.15, -0.1) is 0 Å². The molecule has 198 valence electrons. The first-order valence-electron chi connectivity index (χ1n) is 14.9. The number of aryl methyl sites for hydroxylation is 1. The van der Waals surface area contributed by atoms with E-state index in [0.717, 1.165) is 36.5 Å². The van der Waals surface area contributed by atoms with Gasteiger partial charge in [0.15, 0.2) is 0 Å². The largest absolute Gasteiger partial charge is 0.377 e. The lowest BCUT2D eigenvalue weighted by molar-refractivity contribution is 0.119. The molecule has 2 aliphatic rings. The third-order valence-electron chi connectivity index (χ3n) is 9.56. The van der Waals surface area contributed by atoms with Crippen LogP contribution in [-0.2, 0) is 11.2 Å². The van der Waals surface area contributed by atoms with Crippen molar-refractivity contribution in [1.82, 2.24) is 0 Å². The summed E-state index contributed by atoms with van der Waals surface area (Å²) in [6, 6.07) is 18.0. The lowest BCUT2D eigenvalue weighted by Crippen LogP contribution is -2.26. The number of hydrogen-bond acceptors (Lipinski definition) is 1. The molecule has 1 atom stereocenters. The number of unbranched alkanes of at least 4 members (excludes halogenated alkanes) is 2. The molecule has 0 radical (unpaired) electrons. The standard InChI is InChI=1S/C34H49FO/c1-26(36-2)30-21-23-34(24-22-30)33-19-13-29(14-20-33)8-7-28-11-17-32(18-12-28)31-15-9-27(10-16-31)6-4-3-5-25-35/h13-14,19-24,26-28,31-32H,3-12,15-18,25H2,1-2H3. The van der Waals surface area contributed by atoms with Gasteiger partial charge in [-0.3, -0.25) is 4.39 Å². The van der Waals surface area contributed by atoms with Crippen molar-refractivity contribution < 1.29 is 9.13 Å². The van der Waals surface area contributed by atoms with Crippen molar-refractivity contribution in [1.29, 1.82) is 0 Å². The molecule has 4 rings (SSSR count). The lowest BCUT2D eigenvalue weighted by atomic mass is 9.68. The monoisotopic (exact) mass is 492 g/mol. The van der Waals surface area contributed by atoms with E-state index in [1.165, 1.54) is 99.3 Å². The second-order valence-corrected chi connectivity index (χ2v) is 11.8. The van der Waals surface area contributed by atoms with Crippen LogP contribution in [0.1, 0.15) is 108 Å². The van der Waals surface area contributed by atoms with E-state index in [4.69, 9.17) is 4.74 Å². The maximum atomic E-state index is 12.3. The van der Waals surface area contributed by atoms with Crippen LogP contribution in [0.5, 0.6) is 0 Å². The molecular weight excluding hydrogens is 443 g/mol. The summed E-state index contributed by atoms with van der Waals surface area (Å²) in [6.45, 7) is 1.95. The third-order valence-corrected chi connectivity index (χ3v) is 9.56. The van der Waals surface area contributed by atoms with E-state index in [2.05, 4.69) is 55.5 Å². The fourth-order valence-electron chi connectivity index (χ4n) is 6.92. The zero-order valence-electron chi connectivity index (χ0n) is 22.9. The van der Waals surface area contributed by atoms with Crippen molar-refractivity contribution in [2.24, 2.45) is 23.7 Å². The lowest BCUT2D eigenvalue weighted by Gasteiger charge is -2.38. The summed E-state index contributed by atoms with van der Waals surface area (Å²) in [5.41, 5.74) is 5.28. The number of rotatable bonds is 12. The highest BCUT2D eigenvalue weighted by Gasteiger charge is 2.30. The van der Waals surface area contributed by atoms with Gasteiger partial charge in [0.25, 0.3) is 0 Å². The Morgan fingerprint density at radius 2 is 1.22 bits per heavy atom. The molecule has 2 saturated carbocycles. The smallest absolute Gasteiger partial charge is 0.0894 e. The molecular formula is C34H49FO. The molecule has 2 aromatic rings. The second-order valence-electron chi connectivity index (χ2n) is 11.8. The van der Waals surface area contributed by atoms with Crippen molar-refractivity contribution in [3.05, 3.63) is 59.7 Å². The normalized spacial score (nSPS) is 25.5. The summed E-state index contributed by atoms with van der Waals surface area (Å²) >= 11 is 0. The fourth-order valence-corrected chi connectivity index (χ4v) is 6.92. The van der Waals surface area contributed by atoms with E-state index in [-0.39, 0.29) is 12.8 Å². The second kappa shape index (κ2) is 14.3. The van der Waals surface area contributed by atoms with Crippen molar-refractivity contribution >= 4 is 0 Å². The predicted molar refractivity (Wildman–Crippen MR) is 151 cm³/mol. The molecule has 2 aromatic carbocycles. The van der Waals surface area contributed by atoms with Gasteiger partial charge in [-0.25, -0.2) is 0 Å². The summed E-state index contributed by atoms with van der Waals surface area (Å²) in [6.07, 6.45) is 18.8. The number of ether oxygens (including phenoxy) is 1. The quantitative estimate of drug-likeness (QED) is 0.268. The molecule has 0 N–H and O–H groups in total. The van der Waals surface area contributed by atoms with Crippen LogP contribution in [0.2, 0.25) is 0 Å².